The molecular weight excluding hydrogens is 260 g/mol. The topological polar surface area (TPSA) is 87.7 Å². The fourth-order valence-electron chi connectivity index (χ4n) is 1.49. The number of urea groups is 1. The van der Waals surface area contributed by atoms with Crippen molar-refractivity contribution in [2.75, 3.05) is 19.8 Å². The van der Waals surface area contributed by atoms with Crippen LogP contribution in [0.3, 0.4) is 0 Å². The van der Waals surface area contributed by atoms with Crippen molar-refractivity contribution in [3.63, 3.8) is 0 Å². The van der Waals surface area contributed by atoms with Crippen LogP contribution in [0.25, 0.3) is 0 Å². The minimum absolute atomic E-state index is 0.362. The number of ether oxygens (including phenoxy) is 1. The quantitative estimate of drug-likeness (QED) is 0.595. The monoisotopic (exact) mass is 288 g/mol. The molecule has 0 aromatic rings. The summed E-state index contributed by atoms with van der Waals surface area (Å²) in [5, 5.41) is 14.1. The molecule has 0 radical (unpaired) electrons. The van der Waals surface area contributed by atoms with Crippen LogP contribution in [0.1, 0.15) is 41.0 Å². The van der Waals surface area contributed by atoms with Crippen LogP contribution >= 0.6 is 0 Å². The molecule has 0 aliphatic rings. The summed E-state index contributed by atoms with van der Waals surface area (Å²) >= 11 is 0. The number of hydrogen-bond acceptors (Lipinski definition) is 3. The van der Waals surface area contributed by atoms with Crippen LogP contribution in [0.2, 0.25) is 0 Å². The molecule has 0 aromatic heterocycles. The van der Waals surface area contributed by atoms with E-state index in [0.717, 1.165) is 6.42 Å². The highest BCUT2D eigenvalue weighted by Crippen LogP contribution is 2.19. The van der Waals surface area contributed by atoms with Crippen molar-refractivity contribution < 1.29 is 19.4 Å². The van der Waals surface area contributed by atoms with E-state index in [9.17, 15) is 9.59 Å². The second-order valence-electron chi connectivity index (χ2n) is 6.33. The molecule has 6 nitrogen and oxygen atoms in total. The number of nitrogens with one attached hydrogen (secondary N) is 2. The van der Waals surface area contributed by atoms with Crippen molar-refractivity contribution in [3.8, 4) is 0 Å². The van der Waals surface area contributed by atoms with Gasteiger partial charge in [-0.2, -0.15) is 0 Å². The Morgan fingerprint density at radius 3 is 2.25 bits per heavy atom. The maximum atomic E-state index is 11.6. The van der Waals surface area contributed by atoms with Gasteiger partial charge in [-0.15, -0.1) is 0 Å². The number of amides is 2. The zero-order valence-electron chi connectivity index (χ0n) is 13.2. The molecule has 2 amide bonds. The molecule has 0 heterocycles. The summed E-state index contributed by atoms with van der Waals surface area (Å²) in [5.41, 5.74) is -0.545. The lowest BCUT2D eigenvalue weighted by molar-refractivity contribution is -0.141. The summed E-state index contributed by atoms with van der Waals surface area (Å²) in [6, 6.07) is -1.41. The third-order valence-electron chi connectivity index (χ3n) is 2.76. The Hall–Kier alpha value is -1.30. The molecule has 1 atom stereocenters. The van der Waals surface area contributed by atoms with Gasteiger partial charge in [0.1, 0.15) is 6.04 Å². The van der Waals surface area contributed by atoms with Crippen molar-refractivity contribution in [1.29, 1.82) is 0 Å². The minimum atomic E-state index is -1.04. The summed E-state index contributed by atoms with van der Waals surface area (Å²) in [4.78, 5) is 22.7. The summed E-state index contributed by atoms with van der Waals surface area (Å²) in [5.74, 6) is -0.449. The number of rotatable bonds is 8. The van der Waals surface area contributed by atoms with E-state index in [1.54, 1.807) is 20.8 Å². The summed E-state index contributed by atoms with van der Waals surface area (Å²) in [6.45, 7) is 11.0. The Bertz CT molecular complexity index is 311. The largest absolute Gasteiger partial charge is 0.480 e. The third-order valence-corrected chi connectivity index (χ3v) is 2.76. The van der Waals surface area contributed by atoms with Gasteiger partial charge in [-0.25, -0.2) is 9.59 Å². The normalized spacial score (nSPS) is 13.1. The highest BCUT2D eigenvalue weighted by Gasteiger charge is 2.32. The molecule has 0 unspecified atom stereocenters. The predicted molar refractivity (Wildman–Crippen MR) is 77.7 cm³/mol. The number of carboxylic acid groups (broad SMARTS) is 1. The van der Waals surface area contributed by atoms with E-state index in [-0.39, 0.29) is 0 Å². The van der Waals surface area contributed by atoms with Crippen LogP contribution in [0.4, 0.5) is 4.79 Å². The lowest BCUT2D eigenvalue weighted by Gasteiger charge is -2.27. The van der Waals surface area contributed by atoms with Crippen molar-refractivity contribution >= 4 is 12.0 Å². The maximum Gasteiger partial charge on any atom is 0.326 e. The van der Waals surface area contributed by atoms with Crippen LogP contribution < -0.4 is 10.6 Å². The molecule has 118 valence electrons. The predicted octanol–water partition coefficient (Wildman–Crippen LogP) is 1.85. The molecule has 0 saturated heterocycles. The first-order valence-electron chi connectivity index (χ1n) is 6.99. The first-order valence-corrected chi connectivity index (χ1v) is 6.99. The van der Waals surface area contributed by atoms with Crippen LogP contribution in [-0.2, 0) is 9.53 Å². The van der Waals surface area contributed by atoms with Gasteiger partial charge in [-0.05, 0) is 17.8 Å². The van der Waals surface area contributed by atoms with Gasteiger partial charge < -0.3 is 20.5 Å². The fourth-order valence-corrected chi connectivity index (χ4v) is 1.49. The lowest BCUT2D eigenvalue weighted by atomic mass is 9.87. The van der Waals surface area contributed by atoms with E-state index in [0.29, 0.717) is 25.7 Å². The van der Waals surface area contributed by atoms with E-state index >= 15 is 0 Å². The van der Waals surface area contributed by atoms with Crippen LogP contribution in [-0.4, -0.2) is 42.9 Å². The zero-order chi connectivity index (χ0) is 15.8. The Labute approximate surface area is 121 Å². The van der Waals surface area contributed by atoms with Crippen molar-refractivity contribution in [3.05, 3.63) is 0 Å². The van der Waals surface area contributed by atoms with Gasteiger partial charge in [0.25, 0.3) is 0 Å². The summed E-state index contributed by atoms with van der Waals surface area (Å²) in [6.07, 6.45) is 0.983. The standard InChI is InChI=1S/C14H28N2O4/c1-10(2)6-8-20-9-7-15-13(19)16-11(12(17)18)14(3,4)5/h10-11H,6-9H2,1-5H3,(H,17,18)(H2,15,16,19)/t11-/m1/s1. The number of carbonyl (C=O) groups excluding carboxylic acids is 1. The van der Waals surface area contributed by atoms with E-state index in [1.165, 1.54) is 0 Å². The van der Waals surface area contributed by atoms with E-state index in [4.69, 9.17) is 9.84 Å². The van der Waals surface area contributed by atoms with Gasteiger partial charge in [-0.1, -0.05) is 34.6 Å². The Kier molecular flexibility index (Phi) is 8.22. The molecule has 0 saturated carbocycles. The summed E-state index contributed by atoms with van der Waals surface area (Å²) < 4.78 is 5.36. The Morgan fingerprint density at radius 2 is 1.80 bits per heavy atom. The van der Waals surface area contributed by atoms with Gasteiger partial charge in [0.15, 0.2) is 0 Å². The van der Waals surface area contributed by atoms with Crippen molar-refractivity contribution in [2.45, 2.75) is 47.1 Å². The Balaban J connectivity index is 3.90. The summed E-state index contributed by atoms with van der Waals surface area (Å²) in [7, 11) is 0. The highest BCUT2D eigenvalue weighted by molar-refractivity contribution is 5.83. The van der Waals surface area contributed by atoms with Crippen molar-refractivity contribution in [1.82, 2.24) is 10.6 Å². The maximum absolute atomic E-state index is 11.6. The molecule has 0 aliphatic carbocycles. The van der Waals surface area contributed by atoms with E-state index in [2.05, 4.69) is 24.5 Å². The second-order valence-corrected chi connectivity index (χ2v) is 6.33. The molecule has 0 spiro atoms. The van der Waals surface area contributed by atoms with E-state index in [1.807, 2.05) is 0 Å². The van der Waals surface area contributed by atoms with Crippen LogP contribution in [0, 0.1) is 11.3 Å². The molecule has 0 aliphatic heterocycles. The molecule has 20 heavy (non-hydrogen) atoms. The SMILES string of the molecule is CC(C)CCOCCNC(=O)N[C@H](C(=O)O)C(C)(C)C. The van der Waals surface area contributed by atoms with Crippen molar-refractivity contribution in [2.24, 2.45) is 11.3 Å². The molecule has 0 fully saturated rings. The first-order chi connectivity index (χ1) is 9.14. The Morgan fingerprint density at radius 1 is 1.20 bits per heavy atom. The minimum Gasteiger partial charge on any atom is -0.480 e. The number of carboxylic acids is 1. The van der Waals surface area contributed by atoms with Gasteiger partial charge in [0.2, 0.25) is 0 Å². The average Bonchev–Trinajstić information content (AvgIpc) is 2.28. The number of carbonyl (C=O) groups is 2. The van der Waals surface area contributed by atoms with Gasteiger partial charge in [-0.3, -0.25) is 0 Å². The lowest BCUT2D eigenvalue weighted by Crippen LogP contribution is -2.52. The van der Waals surface area contributed by atoms with Gasteiger partial charge >= 0.3 is 12.0 Å². The molecule has 6 heteroatoms. The number of aliphatic carboxylic acids is 1. The molecule has 0 rings (SSSR count). The number of hydrogen-bond donors (Lipinski definition) is 3. The third kappa shape index (κ3) is 8.74. The molecular formula is C14H28N2O4. The van der Waals surface area contributed by atoms with Crippen LogP contribution in [0.5, 0.6) is 0 Å². The average molecular weight is 288 g/mol. The van der Waals surface area contributed by atoms with Gasteiger partial charge in [0.05, 0.1) is 6.61 Å². The highest BCUT2D eigenvalue weighted by atomic mass is 16.5. The first kappa shape index (κ1) is 18.7. The molecule has 3 N–H and O–H groups in total. The van der Waals surface area contributed by atoms with Crippen LogP contribution in [0.15, 0.2) is 0 Å². The smallest absolute Gasteiger partial charge is 0.326 e. The molecule has 0 bridgehead atoms. The second kappa shape index (κ2) is 8.79. The van der Waals surface area contributed by atoms with E-state index < -0.39 is 23.5 Å². The van der Waals surface area contributed by atoms with Gasteiger partial charge in [0, 0.05) is 13.2 Å². The fraction of sp³-hybridized carbons (Fsp3) is 0.857. The molecule has 0 aromatic carbocycles. The zero-order valence-corrected chi connectivity index (χ0v) is 13.2.